The van der Waals surface area contributed by atoms with Crippen molar-refractivity contribution >= 4 is 0 Å². The summed E-state index contributed by atoms with van der Waals surface area (Å²) in [4.78, 5) is 2.63. The van der Waals surface area contributed by atoms with Crippen LogP contribution in [0.2, 0.25) is 0 Å². The van der Waals surface area contributed by atoms with Crippen LogP contribution in [-0.2, 0) is 6.54 Å². The van der Waals surface area contributed by atoms with Crippen molar-refractivity contribution in [2.45, 2.75) is 58.2 Å². The van der Waals surface area contributed by atoms with Crippen LogP contribution in [0.3, 0.4) is 0 Å². The molecule has 20 heavy (non-hydrogen) atoms. The zero-order valence-electron chi connectivity index (χ0n) is 12.7. The molecular formula is C17H26N2O. The maximum atomic E-state index is 9.89. The minimum absolute atomic E-state index is 0.448. The zero-order valence-corrected chi connectivity index (χ0v) is 12.7. The van der Waals surface area contributed by atoms with Gasteiger partial charge in [-0.05, 0) is 69.3 Å². The maximum absolute atomic E-state index is 9.89. The molecule has 2 aliphatic rings. The molecule has 1 aromatic rings. The Morgan fingerprint density at radius 3 is 2.60 bits per heavy atom. The van der Waals surface area contributed by atoms with Crippen LogP contribution in [0.25, 0.3) is 0 Å². The summed E-state index contributed by atoms with van der Waals surface area (Å²) in [5, 5.41) is 13.6. The molecule has 3 rings (SSSR count). The predicted octanol–water partition coefficient (Wildman–Crippen LogP) is 2.73. The first-order valence-corrected chi connectivity index (χ1v) is 7.91. The number of aromatic hydroxyl groups is 1. The van der Waals surface area contributed by atoms with Gasteiger partial charge in [0.2, 0.25) is 0 Å². The summed E-state index contributed by atoms with van der Waals surface area (Å²) < 4.78 is 0. The molecule has 0 aliphatic carbocycles. The third-order valence-corrected chi connectivity index (χ3v) is 4.91. The van der Waals surface area contributed by atoms with E-state index in [4.69, 9.17) is 0 Å². The minimum Gasteiger partial charge on any atom is -0.507 e. The van der Waals surface area contributed by atoms with E-state index < -0.39 is 0 Å². The molecule has 0 spiro atoms. The quantitative estimate of drug-likeness (QED) is 0.889. The lowest BCUT2D eigenvalue weighted by molar-refractivity contribution is 0.206. The Morgan fingerprint density at radius 2 is 1.95 bits per heavy atom. The molecule has 0 saturated carbocycles. The normalized spacial score (nSPS) is 27.3. The van der Waals surface area contributed by atoms with E-state index in [1.807, 2.05) is 13.8 Å². The number of aryl methyl sites for hydroxylation is 2. The second-order valence-electron chi connectivity index (χ2n) is 6.46. The molecule has 2 unspecified atom stereocenters. The Morgan fingerprint density at radius 1 is 1.20 bits per heavy atom. The van der Waals surface area contributed by atoms with Crippen LogP contribution >= 0.6 is 0 Å². The molecule has 2 N–H and O–H groups in total. The minimum atomic E-state index is 0.448. The summed E-state index contributed by atoms with van der Waals surface area (Å²) in [7, 11) is 0. The molecule has 3 heteroatoms. The highest BCUT2D eigenvalue weighted by atomic mass is 16.3. The SMILES string of the molecule is Cc1cc(CN2CCCC2C2CCCN2)cc(C)c1O. The third kappa shape index (κ3) is 2.70. The number of nitrogens with one attached hydrogen (secondary N) is 1. The number of phenols is 1. The van der Waals surface area contributed by atoms with Crippen LogP contribution in [0.15, 0.2) is 12.1 Å². The first-order chi connectivity index (χ1) is 9.65. The first kappa shape index (κ1) is 13.9. The number of benzene rings is 1. The molecule has 110 valence electrons. The molecule has 2 aliphatic heterocycles. The van der Waals surface area contributed by atoms with E-state index in [-0.39, 0.29) is 0 Å². The molecule has 2 heterocycles. The zero-order chi connectivity index (χ0) is 14.1. The predicted molar refractivity (Wildman–Crippen MR) is 82.0 cm³/mol. The summed E-state index contributed by atoms with van der Waals surface area (Å²) in [6.07, 6.45) is 5.30. The van der Waals surface area contributed by atoms with E-state index in [1.165, 1.54) is 44.3 Å². The van der Waals surface area contributed by atoms with Crippen LogP contribution in [-0.4, -0.2) is 35.2 Å². The van der Waals surface area contributed by atoms with Crippen LogP contribution in [0.5, 0.6) is 5.75 Å². The fourth-order valence-corrected chi connectivity index (χ4v) is 3.92. The lowest BCUT2D eigenvalue weighted by atomic mass is 10.0. The first-order valence-electron chi connectivity index (χ1n) is 7.91. The van der Waals surface area contributed by atoms with Gasteiger partial charge in [0.25, 0.3) is 0 Å². The van der Waals surface area contributed by atoms with E-state index in [0.29, 0.717) is 17.8 Å². The van der Waals surface area contributed by atoms with E-state index in [2.05, 4.69) is 22.3 Å². The largest absolute Gasteiger partial charge is 0.507 e. The molecule has 0 bridgehead atoms. The van der Waals surface area contributed by atoms with Crippen molar-refractivity contribution in [2.24, 2.45) is 0 Å². The lowest BCUT2D eigenvalue weighted by Gasteiger charge is -2.29. The molecule has 2 fully saturated rings. The smallest absolute Gasteiger partial charge is 0.121 e. The number of hydrogen-bond donors (Lipinski definition) is 2. The van der Waals surface area contributed by atoms with Crippen molar-refractivity contribution in [3.63, 3.8) is 0 Å². The Labute approximate surface area is 122 Å². The Kier molecular flexibility index (Phi) is 3.99. The van der Waals surface area contributed by atoms with Gasteiger partial charge in [-0.2, -0.15) is 0 Å². The molecular weight excluding hydrogens is 248 g/mol. The Hall–Kier alpha value is -1.06. The molecule has 0 aromatic heterocycles. The molecule has 2 saturated heterocycles. The second-order valence-corrected chi connectivity index (χ2v) is 6.46. The standard InChI is InChI=1S/C17H26N2O/c1-12-9-14(10-13(2)17(12)20)11-19-8-4-6-16(19)15-5-3-7-18-15/h9-10,15-16,18,20H,3-8,11H2,1-2H3. The van der Waals surface area contributed by atoms with Crippen LogP contribution < -0.4 is 5.32 Å². The topological polar surface area (TPSA) is 35.5 Å². The summed E-state index contributed by atoms with van der Waals surface area (Å²) in [5.41, 5.74) is 3.33. The van der Waals surface area contributed by atoms with Crippen molar-refractivity contribution in [3.8, 4) is 5.75 Å². The molecule has 0 amide bonds. The summed E-state index contributed by atoms with van der Waals surface area (Å²) in [5.74, 6) is 0.448. The van der Waals surface area contributed by atoms with Crippen LogP contribution in [0, 0.1) is 13.8 Å². The third-order valence-electron chi connectivity index (χ3n) is 4.91. The van der Waals surface area contributed by atoms with E-state index in [0.717, 1.165) is 17.7 Å². The second kappa shape index (κ2) is 5.74. The van der Waals surface area contributed by atoms with Crippen molar-refractivity contribution < 1.29 is 5.11 Å². The average molecular weight is 274 g/mol. The van der Waals surface area contributed by atoms with Gasteiger partial charge in [0, 0.05) is 18.6 Å². The van der Waals surface area contributed by atoms with Gasteiger partial charge >= 0.3 is 0 Å². The maximum Gasteiger partial charge on any atom is 0.121 e. The number of nitrogens with zero attached hydrogens (tertiary/aromatic N) is 1. The average Bonchev–Trinajstić information content (AvgIpc) is 3.05. The van der Waals surface area contributed by atoms with Gasteiger partial charge in [-0.25, -0.2) is 0 Å². The van der Waals surface area contributed by atoms with E-state index in [9.17, 15) is 5.11 Å². The van der Waals surface area contributed by atoms with Crippen molar-refractivity contribution in [3.05, 3.63) is 28.8 Å². The fourth-order valence-electron chi connectivity index (χ4n) is 3.92. The molecule has 0 radical (unpaired) electrons. The molecule has 1 aromatic carbocycles. The van der Waals surface area contributed by atoms with Gasteiger partial charge in [0.05, 0.1) is 0 Å². The number of hydrogen-bond acceptors (Lipinski definition) is 3. The number of rotatable bonds is 3. The van der Waals surface area contributed by atoms with Gasteiger partial charge in [-0.3, -0.25) is 4.90 Å². The lowest BCUT2D eigenvalue weighted by Crippen LogP contribution is -2.43. The summed E-state index contributed by atoms with van der Waals surface area (Å²) in [6, 6.07) is 5.67. The van der Waals surface area contributed by atoms with Crippen LogP contribution in [0.4, 0.5) is 0 Å². The Balaban J connectivity index is 1.73. The highest BCUT2D eigenvalue weighted by Gasteiger charge is 2.32. The summed E-state index contributed by atoms with van der Waals surface area (Å²) in [6.45, 7) is 7.40. The highest BCUT2D eigenvalue weighted by Crippen LogP contribution is 2.28. The Bertz CT molecular complexity index is 457. The number of phenolic OH excluding ortho intramolecular Hbond substituents is 1. The van der Waals surface area contributed by atoms with Crippen LogP contribution in [0.1, 0.15) is 42.4 Å². The fraction of sp³-hybridized carbons (Fsp3) is 0.647. The van der Waals surface area contributed by atoms with Crippen molar-refractivity contribution in [1.29, 1.82) is 0 Å². The molecule has 2 atom stereocenters. The summed E-state index contributed by atoms with van der Waals surface area (Å²) >= 11 is 0. The highest BCUT2D eigenvalue weighted by molar-refractivity contribution is 5.42. The van der Waals surface area contributed by atoms with Gasteiger partial charge in [0.1, 0.15) is 5.75 Å². The van der Waals surface area contributed by atoms with Crippen molar-refractivity contribution in [1.82, 2.24) is 10.2 Å². The van der Waals surface area contributed by atoms with Crippen molar-refractivity contribution in [2.75, 3.05) is 13.1 Å². The van der Waals surface area contributed by atoms with Gasteiger partial charge in [-0.15, -0.1) is 0 Å². The number of likely N-dealkylation sites (tertiary alicyclic amines) is 1. The van der Waals surface area contributed by atoms with E-state index in [1.54, 1.807) is 0 Å². The monoisotopic (exact) mass is 274 g/mol. The van der Waals surface area contributed by atoms with Gasteiger partial charge < -0.3 is 10.4 Å². The molecule has 3 nitrogen and oxygen atoms in total. The van der Waals surface area contributed by atoms with Gasteiger partial charge in [0.15, 0.2) is 0 Å². The van der Waals surface area contributed by atoms with E-state index >= 15 is 0 Å². The van der Waals surface area contributed by atoms with Gasteiger partial charge in [-0.1, -0.05) is 12.1 Å².